The van der Waals surface area contributed by atoms with Crippen molar-refractivity contribution in [2.45, 2.75) is 27.2 Å². The lowest BCUT2D eigenvalue weighted by atomic mass is 10.1. The van der Waals surface area contributed by atoms with E-state index in [1.54, 1.807) is 6.20 Å². The minimum absolute atomic E-state index is 0.528. The zero-order valence-electron chi connectivity index (χ0n) is 11.3. The molecule has 2 aromatic rings. The van der Waals surface area contributed by atoms with Crippen LogP contribution < -0.4 is 5.73 Å². The first-order valence-corrected chi connectivity index (χ1v) is 7.30. The first-order chi connectivity index (χ1) is 8.99. The van der Waals surface area contributed by atoms with Crippen molar-refractivity contribution in [3.05, 3.63) is 33.2 Å². The highest BCUT2D eigenvalue weighted by atomic mass is 127. The van der Waals surface area contributed by atoms with Crippen LogP contribution in [0.5, 0.6) is 0 Å². The third-order valence-electron chi connectivity index (χ3n) is 2.77. The Labute approximate surface area is 127 Å². The van der Waals surface area contributed by atoms with Gasteiger partial charge in [-0.2, -0.15) is 0 Å². The van der Waals surface area contributed by atoms with Gasteiger partial charge in [0.25, 0.3) is 0 Å². The van der Waals surface area contributed by atoms with Gasteiger partial charge in [-0.3, -0.25) is 4.98 Å². The van der Waals surface area contributed by atoms with Gasteiger partial charge >= 0.3 is 0 Å². The molecule has 0 aliphatic carbocycles. The SMILES string of the molecule is Cc1cccnc1-c1nc(N)c(I)c(CC(C)C)n1. The lowest BCUT2D eigenvalue weighted by molar-refractivity contribution is 0.632. The predicted molar refractivity (Wildman–Crippen MR) is 85.7 cm³/mol. The fraction of sp³-hybridized carbons (Fsp3) is 0.357. The summed E-state index contributed by atoms with van der Waals surface area (Å²) in [5.41, 5.74) is 8.86. The number of anilines is 1. The zero-order chi connectivity index (χ0) is 14.0. The molecular weight excluding hydrogens is 351 g/mol. The number of nitrogens with zero attached hydrogens (tertiary/aromatic N) is 3. The molecule has 0 saturated carbocycles. The molecule has 0 bridgehead atoms. The van der Waals surface area contributed by atoms with E-state index in [1.807, 2.05) is 19.1 Å². The summed E-state index contributed by atoms with van der Waals surface area (Å²) in [5.74, 6) is 1.68. The van der Waals surface area contributed by atoms with Crippen LogP contribution in [0.2, 0.25) is 0 Å². The first-order valence-electron chi connectivity index (χ1n) is 6.23. The molecule has 2 rings (SSSR count). The zero-order valence-corrected chi connectivity index (χ0v) is 13.5. The third-order valence-corrected chi connectivity index (χ3v) is 3.94. The van der Waals surface area contributed by atoms with E-state index in [-0.39, 0.29) is 0 Å². The molecule has 0 aliphatic rings. The molecule has 2 aromatic heterocycles. The average Bonchev–Trinajstić information content (AvgIpc) is 2.35. The van der Waals surface area contributed by atoms with Gasteiger partial charge in [-0.25, -0.2) is 9.97 Å². The van der Waals surface area contributed by atoms with E-state index < -0.39 is 0 Å². The van der Waals surface area contributed by atoms with Crippen LogP contribution in [-0.2, 0) is 6.42 Å². The third kappa shape index (κ3) is 3.20. The maximum absolute atomic E-state index is 6.00. The maximum Gasteiger partial charge on any atom is 0.180 e. The highest BCUT2D eigenvalue weighted by molar-refractivity contribution is 14.1. The Bertz CT molecular complexity index is 596. The molecule has 2 N–H and O–H groups in total. The Morgan fingerprint density at radius 1 is 1.32 bits per heavy atom. The second-order valence-corrected chi connectivity index (χ2v) is 6.04. The maximum atomic E-state index is 6.00. The quantitative estimate of drug-likeness (QED) is 0.845. The molecule has 5 heteroatoms. The van der Waals surface area contributed by atoms with Crippen molar-refractivity contribution in [3.8, 4) is 11.5 Å². The molecule has 0 aliphatic heterocycles. The van der Waals surface area contributed by atoms with Crippen LogP contribution in [0.3, 0.4) is 0 Å². The number of aromatic nitrogens is 3. The Morgan fingerprint density at radius 3 is 2.68 bits per heavy atom. The molecule has 0 unspecified atom stereocenters. The second kappa shape index (κ2) is 5.81. The van der Waals surface area contributed by atoms with Crippen molar-refractivity contribution in [2.75, 3.05) is 5.73 Å². The van der Waals surface area contributed by atoms with Gasteiger partial charge in [-0.05, 0) is 53.5 Å². The number of rotatable bonds is 3. The van der Waals surface area contributed by atoms with Gasteiger partial charge in [-0.1, -0.05) is 19.9 Å². The average molecular weight is 368 g/mol. The number of nitrogen functional groups attached to an aromatic ring is 1. The molecule has 100 valence electrons. The van der Waals surface area contributed by atoms with Gasteiger partial charge in [0.15, 0.2) is 5.82 Å². The van der Waals surface area contributed by atoms with Gasteiger partial charge < -0.3 is 5.73 Å². The Balaban J connectivity index is 2.54. The highest BCUT2D eigenvalue weighted by Crippen LogP contribution is 2.24. The van der Waals surface area contributed by atoms with E-state index in [0.717, 1.165) is 26.9 Å². The van der Waals surface area contributed by atoms with Crippen molar-refractivity contribution < 1.29 is 0 Å². The summed E-state index contributed by atoms with van der Waals surface area (Å²) in [5, 5.41) is 0. The van der Waals surface area contributed by atoms with E-state index in [0.29, 0.717) is 17.6 Å². The van der Waals surface area contributed by atoms with Crippen LogP contribution in [-0.4, -0.2) is 15.0 Å². The molecule has 0 saturated heterocycles. The number of nitrogens with two attached hydrogens (primary N) is 1. The van der Waals surface area contributed by atoms with Crippen LogP contribution in [0, 0.1) is 16.4 Å². The van der Waals surface area contributed by atoms with Crippen LogP contribution >= 0.6 is 22.6 Å². The summed E-state index contributed by atoms with van der Waals surface area (Å²) < 4.78 is 0.948. The van der Waals surface area contributed by atoms with Crippen molar-refractivity contribution in [1.82, 2.24) is 15.0 Å². The van der Waals surface area contributed by atoms with Crippen molar-refractivity contribution >= 4 is 28.4 Å². The molecular formula is C14H17IN4. The standard InChI is InChI=1S/C14H17IN4/c1-8(2)7-10-11(15)13(16)19-14(18-10)12-9(3)5-4-6-17-12/h4-6,8H,7H2,1-3H3,(H2,16,18,19). The first kappa shape index (κ1) is 14.2. The molecule has 0 aromatic carbocycles. The molecule has 0 fully saturated rings. The Morgan fingerprint density at radius 2 is 2.05 bits per heavy atom. The summed E-state index contributed by atoms with van der Waals surface area (Å²) in [6.45, 7) is 6.34. The van der Waals surface area contributed by atoms with Gasteiger partial charge in [0.1, 0.15) is 11.5 Å². The van der Waals surface area contributed by atoms with E-state index in [4.69, 9.17) is 5.73 Å². The lowest BCUT2D eigenvalue weighted by Gasteiger charge is -2.11. The summed E-state index contributed by atoms with van der Waals surface area (Å²) in [6.07, 6.45) is 2.64. The summed E-state index contributed by atoms with van der Waals surface area (Å²) in [6, 6.07) is 3.91. The molecule has 4 nitrogen and oxygen atoms in total. The van der Waals surface area contributed by atoms with Crippen molar-refractivity contribution in [1.29, 1.82) is 0 Å². The van der Waals surface area contributed by atoms with Crippen LogP contribution in [0.15, 0.2) is 18.3 Å². The highest BCUT2D eigenvalue weighted by Gasteiger charge is 2.14. The topological polar surface area (TPSA) is 64.7 Å². The largest absolute Gasteiger partial charge is 0.383 e. The van der Waals surface area contributed by atoms with E-state index in [2.05, 4.69) is 51.4 Å². The molecule has 0 atom stereocenters. The minimum atomic E-state index is 0.528. The van der Waals surface area contributed by atoms with E-state index in [9.17, 15) is 0 Å². The number of hydrogen-bond donors (Lipinski definition) is 1. The van der Waals surface area contributed by atoms with E-state index in [1.165, 1.54) is 0 Å². The summed E-state index contributed by atoms with van der Waals surface area (Å²) in [4.78, 5) is 13.4. The van der Waals surface area contributed by atoms with E-state index >= 15 is 0 Å². The monoisotopic (exact) mass is 368 g/mol. The molecule has 0 spiro atoms. The van der Waals surface area contributed by atoms with Crippen LogP contribution in [0.25, 0.3) is 11.5 Å². The minimum Gasteiger partial charge on any atom is -0.383 e. The van der Waals surface area contributed by atoms with Gasteiger partial charge in [0.05, 0.1) is 9.26 Å². The Hall–Kier alpha value is -1.24. The van der Waals surface area contributed by atoms with Gasteiger partial charge in [-0.15, -0.1) is 0 Å². The lowest BCUT2D eigenvalue weighted by Crippen LogP contribution is -2.08. The molecule has 2 heterocycles. The Kier molecular flexibility index (Phi) is 4.34. The van der Waals surface area contributed by atoms with Gasteiger partial charge in [0, 0.05) is 6.20 Å². The molecule has 0 radical (unpaired) electrons. The fourth-order valence-electron chi connectivity index (χ4n) is 1.86. The smallest absolute Gasteiger partial charge is 0.180 e. The molecule has 19 heavy (non-hydrogen) atoms. The number of hydrogen-bond acceptors (Lipinski definition) is 4. The second-order valence-electron chi connectivity index (χ2n) is 4.96. The van der Waals surface area contributed by atoms with Crippen LogP contribution in [0.1, 0.15) is 25.1 Å². The molecule has 0 amide bonds. The summed E-state index contributed by atoms with van der Waals surface area (Å²) in [7, 11) is 0. The summed E-state index contributed by atoms with van der Waals surface area (Å²) >= 11 is 2.21. The number of pyridine rings is 1. The van der Waals surface area contributed by atoms with Gasteiger partial charge in [0.2, 0.25) is 0 Å². The van der Waals surface area contributed by atoms with Crippen molar-refractivity contribution in [3.63, 3.8) is 0 Å². The van der Waals surface area contributed by atoms with Crippen LogP contribution in [0.4, 0.5) is 5.82 Å². The fourth-order valence-corrected chi connectivity index (χ4v) is 2.32. The normalized spacial score (nSPS) is 11.0. The predicted octanol–water partition coefficient (Wildman–Crippen LogP) is 3.23. The number of halogens is 1. The van der Waals surface area contributed by atoms with Crippen molar-refractivity contribution in [2.24, 2.45) is 5.92 Å². The number of aryl methyl sites for hydroxylation is 1.